The van der Waals surface area contributed by atoms with Crippen molar-refractivity contribution in [1.29, 1.82) is 0 Å². The smallest absolute Gasteiger partial charge is 0.251 e. The van der Waals surface area contributed by atoms with E-state index < -0.39 is 0 Å². The summed E-state index contributed by atoms with van der Waals surface area (Å²) in [5.41, 5.74) is 1.13. The van der Waals surface area contributed by atoms with Crippen molar-refractivity contribution < 1.29 is 14.3 Å². The quantitative estimate of drug-likeness (QED) is 0.857. The van der Waals surface area contributed by atoms with Crippen LogP contribution >= 0.6 is 0 Å². The van der Waals surface area contributed by atoms with E-state index in [2.05, 4.69) is 10.6 Å². The summed E-state index contributed by atoms with van der Waals surface area (Å²) in [4.78, 5) is 23.6. The van der Waals surface area contributed by atoms with E-state index in [4.69, 9.17) is 4.74 Å². The van der Waals surface area contributed by atoms with E-state index in [-0.39, 0.29) is 23.9 Å². The summed E-state index contributed by atoms with van der Waals surface area (Å²) in [5, 5.41) is 5.38. The maximum atomic E-state index is 11.9. The van der Waals surface area contributed by atoms with Crippen LogP contribution in [0.5, 0.6) is 0 Å². The Bertz CT molecular complexity index is 478. The predicted octanol–water partition coefficient (Wildman–Crippen LogP) is 1.48. The summed E-state index contributed by atoms with van der Waals surface area (Å²) in [6.45, 7) is 6.08. The molecule has 1 aromatic carbocycles. The zero-order chi connectivity index (χ0) is 15.2. The van der Waals surface area contributed by atoms with E-state index in [9.17, 15) is 9.59 Å². The van der Waals surface area contributed by atoms with Crippen molar-refractivity contribution in [1.82, 2.24) is 10.6 Å². The standard InChI is InChI=1S/C15H22N2O3/c1-15(2,3)17-13(18)9-16-14(19)12-7-5-6-11(8-12)10-20-4/h5-8H,9-10H2,1-4H3,(H,16,19)(H,17,18). The highest BCUT2D eigenvalue weighted by Crippen LogP contribution is 2.06. The van der Waals surface area contributed by atoms with Gasteiger partial charge in [-0.15, -0.1) is 0 Å². The van der Waals surface area contributed by atoms with Crippen molar-refractivity contribution in [3.05, 3.63) is 35.4 Å². The van der Waals surface area contributed by atoms with Crippen LogP contribution in [0.3, 0.4) is 0 Å². The number of amides is 2. The molecule has 5 heteroatoms. The summed E-state index contributed by atoms with van der Waals surface area (Å²) in [5.74, 6) is -0.481. The first-order chi connectivity index (χ1) is 9.31. The first-order valence-electron chi connectivity index (χ1n) is 6.49. The maximum Gasteiger partial charge on any atom is 0.251 e. The fourth-order valence-electron chi connectivity index (χ4n) is 1.69. The van der Waals surface area contributed by atoms with Gasteiger partial charge in [0.25, 0.3) is 5.91 Å². The van der Waals surface area contributed by atoms with E-state index in [0.29, 0.717) is 12.2 Å². The minimum absolute atomic E-state index is 0.0371. The molecule has 2 N–H and O–H groups in total. The molecule has 5 nitrogen and oxygen atoms in total. The van der Waals surface area contributed by atoms with E-state index in [1.54, 1.807) is 25.3 Å². The summed E-state index contributed by atoms with van der Waals surface area (Å²) < 4.78 is 5.02. The number of carbonyl (C=O) groups excluding carboxylic acids is 2. The number of carbonyl (C=O) groups is 2. The van der Waals surface area contributed by atoms with Crippen LogP contribution in [0.25, 0.3) is 0 Å². The average Bonchev–Trinajstić information content (AvgIpc) is 2.34. The maximum absolute atomic E-state index is 11.9. The molecule has 0 radical (unpaired) electrons. The Morgan fingerprint density at radius 2 is 1.95 bits per heavy atom. The Labute approximate surface area is 119 Å². The molecule has 0 fully saturated rings. The second-order valence-corrected chi connectivity index (χ2v) is 5.61. The van der Waals surface area contributed by atoms with Crippen molar-refractivity contribution in [3.8, 4) is 0 Å². The number of hydrogen-bond acceptors (Lipinski definition) is 3. The number of benzene rings is 1. The summed E-state index contributed by atoms with van der Waals surface area (Å²) in [7, 11) is 1.60. The van der Waals surface area contributed by atoms with Gasteiger partial charge >= 0.3 is 0 Å². The number of nitrogens with one attached hydrogen (secondary N) is 2. The Kier molecular flexibility index (Phi) is 5.70. The lowest BCUT2D eigenvalue weighted by Gasteiger charge is -2.20. The van der Waals surface area contributed by atoms with Gasteiger partial charge in [0.15, 0.2) is 0 Å². The number of ether oxygens (including phenoxy) is 1. The van der Waals surface area contributed by atoms with Crippen LogP contribution in [0.4, 0.5) is 0 Å². The fourth-order valence-corrected chi connectivity index (χ4v) is 1.69. The molecule has 0 aliphatic heterocycles. The molecule has 0 aliphatic rings. The lowest BCUT2D eigenvalue weighted by molar-refractivity contribution is -0.121. The Morgan fingerprint density at radius 3 is 2.55 bits per heavy atom. The van der Waals surface area contributed by atoms with E-state index in [0.717, 1.165) is 5.56 Å². The van der Waals surface area contributed by atoms with Gasteiger partial charge in [-0.25, -0.2) is 0 Å². The van der Waals surface area contributed by atoms with E-state index in [1.165, 1.54) is 0 Å². The highest BCUT2D eigenvalue weighted by Gasteiger charge is 2.14. The molecular weight excluding hydrogens is 256 g/mol. The molecule has 0 bridgehead atoms. The molecule has 0 spiro atoms. The Balaban J connectivity index is 2.54. The Morgan fingerprint density at radius 1 is 1.25 bits per heavy atom. The van der Waals surface area contributed by atoms with Crippen LogP contribution in [0.15, 0.2) is 24.3 Å². The van der Waals surface area contributed by atoms with Gasteiger partial charge in [0.2, 0.25) is 5.91 Å². The highest BCUT2D eigenvalue weighted by molar-refractivity contribution is 5.96. The largest absolute Gasteiger partial charge is 0.380 e. The van der Waals surface area contributed by atoms with Crippen LogP contribution in [-0.4, -0.2) is 31.0 Å². The molecule has 0 atom stereocenters. The average molecular weight is 278 g/mol. The van der Waals surface area contributed by atoms with Gasteiger partial charge in [-0.1, -0.05) is 12.1 Å². The van der Waals surface area contributed by atoms with Gasteiger partial charge in [0.1, 0.15) is 0 Å². The van der Waals surface area contributed by atoms with Crippen LogP contribution < -0.4 is 10.6 Å². The van der Waals surface area contributed by atoms with Crippen molar-refractivity contribution in [2.24, 2.45) is 0 Å². The molecule has 0 heterocycles. The minimum Gasteiger partial charge on any atom is -0.380 e. The van der Waals surface area contributed by atoms with E-state index in [1.807, 2.05) is 26.8 Å². The minimum atomic E-state index is -0.305. The molecule has 20 heavy (non-hydrogen) atoms. The normalized spacial score (nSPS) is 11.0. The topological polar surface area (TPSA) is 67.4 Å². The van der Waals surface area contributed by atoms with Crippen molar-refractivity contribution >= 4 is 11.8 Å². The molecule has 2 amide bonds. The van der Waals surface area contributed by atoms with Crippen LogP contribution in [0.1, 0.15) is 36.7 Å². The zero-order valence-corrected chi connectivity index (χ0v) is 12.4. The van der Waals surface area contributed by atoms with Gasteiger partial charge < -0.3 is 15.4 Å². The monoisotopic (exact) mass is 278 g/mol. The molecule has 0 saturated heterocycles. The van der Waals surface area contributed by atoms with Gasteiger partial charge in [-0.05, 0) is 38.5 Å². The SMILES string of the molecule is COCc1cccc(C(=O)NCC(=O)NC(C)(C)C)c1. The van der Waals surface area contributed by atoms with Crippen LogP contribution in [0, 0.1) is 0 Å². The highest BCUT2D eigenvalue weighted by atomic mass is 16.5. The van der Waals surface area contributed by atoms with Gasteiger partial charge in [0, 0.05) is 18.2 Å². The third-order valence-electron chi connectivity index (χ3n) is 2.42. The van der Waals surface area contributed by atoms with Crippen LogP contribution in [0.2, 0.25) is 0 Å². The van der Waals surface area contributed by atoms with Crippen molar-refractivity contribution in [3.63, 3.8) is 0 Å². The lowest BCUT2D eigenvalue weighted by Crippen LogP contribution is -2.45. The predicted molar refractivity (Wildman–Crippen MR) is 77.4 cm³/mol. The molecule has 0 aromatic heterocycles. The first-order valence-corrected chi connectivity index (χ1v) is 6.49. The van der Waals surface area contributed by atoms with Crippen molar-refractivity contribution in [2.75, 3.05) is 13.7 Å². The van der Waals surface area contributed by atoms with Gasteiger partial charge in [0.05, 0.1) is 13.2 Å². The molecule has 1 aromatic rings. The number of methoxy groups -OCH3 is 1. The molecular formula is C15H22N2O3. The second-order valence-electron chi connectivity index (χ2n) is 5.61. The molecule has 1 rings (SSSR count). The summed E-state index contributed by atoms with van der Waals surface area (Å²) in [6.07, 6.45) is 0. The van der Waals surface area contributed by atoms with Crippen molar-refractivity contribution in [2.45, 2.75) is 32.9 Å². The van der Waals surface area contributed by atoms with Gasteiger partial charge in [-0.3, -0.25) is 9.59 Å². The third kappa shape index (κ3) is 5.84. The summed E-state index contributed by atoms with van der Waals surface area (Å²) in [6, 6.07) is 7.13. The molecule has 0 aliphatic carbocycles. The summed E-state index contributed by atoms with van der Waals surface area (Å²) >= 11 is 0. The molecule has 0 saturated carbocycles. The lowest BCUT2D eigenvalue weighted by atomic mass is 10.1. The number of rotatable bonds is 5. The second kappa shape index (κ2) is 7.05. The zero-order valence-electron chi connectivity index (χ0n) is 12.4. The first kappa shape index (κ1) is 16.2. The number of hydrogen-bond donors (Lipinski definition) is 2. The van der Waals surface area contributed by atoms with E-state index >= 15 is 0 Å². The van der Waals surface area contributed by atoms with Gasteiger partial charge in [-0.2, -0.15) is 0 Å². The molecule has 110 valence electrons. The third-order valence-corrected chi connectivity index (χ3v) is 2.42. The van der Waals surface area contributed by atoms with Crippen LogP contribution in [-0.2, 0) is 16.1 Å². The fraction of sp³-hybridized carbons (Fsp3) is 0.467. The molecule has 0 unspecified atom stereocenters. The Hall–Kier alpha value is -1.88.